The molecule has 0 aromatic heterocycles. The van der Waals surface area contributed by atoms with Crippen LogP contribution in [0.25, 0.3) is 0 Å². The molecular weight excluding hydrogens is 336 g/mol. The molecule has 0 atom stereocenters. The lowest BCUT2D eigenvalue weighted by molar-refractivity contribution is 0.475. The van der Waals surface area contributed by atoms with Crippen LogP contribution in [-0.2, 0) is 0 Å². The lowest BCUT2D eigenvalue weighted by atomic mass is 10.3. The molecule has 0 saturated heterocycles. The third-order valence-corrected chi connectivity index (χ3v) is 4.13. The molecule has 0 aliphatic carbocycles. The molecule has 8 heteroatoms. The number of benzene rings is 2. The largest absolute Gasteiger partial charge is 0.506 e. The molecule has 4 nitrogen and oxygen atoms in total. The highest BCUT2D eigenvalue weighted by Crippen LogP contribution is 2.41. The van der Waals surface area contributed by atoms with Crippen molar-refractivity contribution in [2.45, 2.75) is 4.90 Å². The SMILES string of the molecule is Oc1cc(Cl)cc2c1N=C(Nc1cccc(F)c1Cl)NS2. The summed E-state index contributed by atoms with van der Waals surface area (Å²) >= 11 is 13.0. The Morgan fingerprint density at radius 1 is 1.29 bits per heavy atom. The Bertz CT molecular complexity index is 754. The number of aromatic hydroxyl groups is 1. The summed E-state index contributed by atoms with van der Waals surface area (Å²) in [5, 5.41) is 13.1. The first-order valence-corrected chi connectivity index (χ1v) is 7.37. The first kappa shape index (κ1) is 14.3. The molecule has 1 aliphatic heterocycles. The maximum atomic E-state index is 13.4. The average molecular weight is 344 g/mol. The third kappa shape index (κ3) is 2.88. The van der Waals surface area contributed by atoms with Crippen LogP contribution < -0.4 is 10.0 Å². The minimum atomic E-state index is -0.527. The van der Waals surface area contributed by atoms with Crippen LogP contribution in [0.3, 0.4) is 0 Å². The summed E-state index contributed by atoms with van der Waals surface area (Å²) in [5.74, 6) is -0.227. The van der Waals surface area contributed by atoms with Crippen molar-refractivity contribution >= 4 is 52.5 Å². The van der Waals surface area contributed by atoms with Crippen LogP contribution in [0.2, 0.25) is 10.0 Å². The molecule has 0 fully saturated rings. The number of halogens is 3. The molecule has 1 aliphatic rings. The Morgan fingerprint density at radius 3 is 2.90 bits per heavy atom. The van der Waals surface area contributed by atoms with Crippen LogP contribution in [0, 0.1) is 5.82 Å². The lowest BCUT2D eigenvalue weighted by Crippen LogP contribution is -2.27. The Hall–Kier alpha value is -1.63. The second-order valence-corrected chi connectivity index (χ2v) is 5.83. The fraction of sp³-hybridized carbons (Fsp3) is 0. The molecule has 0 amide bonds. The molecule has 21 heavy (non-hydrogen) atoms. The lowest BCUT2D eigenvalue weighted by Gasteiger charge is -2.19. The summed E-state index contributed by atoms with van der Waals surface area (Å²) in [7, 11) is 0. The summed E-state index contributed by atoms with van der Waals surface area (Å²) in [5.41, 5.74) is 0.763. The van der Waals surface area contributed by atoms with Crippen molar-refractivity contribution in [3.63, 3.8) is 0 Å². The van der Waals surface area contributed by atoms with Gasteiger partial charge >= 0.3 is 0 Å². The molecule has 2 aromatic rings. The van der Waals surface area contributed by atoms with E-state index in [-0.39, 0.29) is 10.8 Å². The molecule has 0 radical (unpaired) electrons. The van der Waals surface area contributed by atoms with Crippen LogP contribution in [0.15, 0.2) is 40.2 Å². The molecular formula is C13H8Cl2FN3OS. The number of nitrogens with zero attached hydrogens (tertiary/aromatic N) is 1. The summed E-state index contributed by atoms with van der Waals surface area (Å²) in [6.07, 6.45) is 0. The van der Waals surface area contributed by atoms with E-state index in [1.807, 2.05) is 0 Å². The van der Waals surface area contributed by atoms with Gasteiger partial charge in [0.25, 0.3) is 0 Å². The van der Waals surface area contributed by atoms with Crippen LogP contribution in [0.4, 0.5) is 15.8 Å². The number of aliphatic imine (C=N–C) groups is 1. The van der Waals surface area contributed by atoms with Crippen molar-refractivity contribution in [2.75, 3.05) is 5.32 Å². The summed E-state index contributed by atoms with van der Waals surface area (Å²) in [4.78, 5) is 4.93. The van der Waals surface area contributed by atoms with Crippen molar-refractivity contribution in [1.82, 2.24) is 4.72 Å². The summed E-state index contributed by atoms with van der Waals surface area (Å²) < 4.78 is 16.3. The zero-order chi connectivity index (χ0) is 15.0. The van der Waals surface area contributed by atoms with Gasteiger partial charge in [0.15, 0.2) is 0 Å². The summed E-state index contributed by atoms with van der Waals surface area (Å²) in [6.45, 7) is 0. The molecule has 0 unspecified atom stereocenters. The molecule has 1 heterocycles. The fourth-order valence-corrected chi connectivity index (χ4v) is 2.96. The summed E-state index contributed by atoms with van der Waals surface area (Å²) in [6, 6.07) is 7.51. The van der Waals surface area contributed by atoms with E-state index in [1.54, 1.807) is 12.1 Å². The van der Waals surface area contributed by atoms with Crippen LogP contribution in [-0.4, -0.2) is 11.1 Å². The van der Waals surface area contributed by atoms with Crippen molar-refractivity contribution in [2.24, 2.45) is 4.99 Å². The van der Waals surface area contributed by atoms with Crippen LogP contribution in [0.1, 0.15) is 0 Å². The highest BCUT2D eigenvalue weighted by Gasteiger charge is 2.18. The maximum absolute atomic E-state index is 13.4. The van der Waals surface area contributed by atoms with E-state index < -0.39 is 5.82 Å². The normalized spacial score (nSPS) is 13.2. The Kier molecular flexibility index (Phi) is 3.84. The highest BCUT2D eigenvalue weighted by molar-refractivity contribution is 7.98. The average Bonchev–Trinajstić information content (AvgIpc) is 2.44. The number of anilines is 1. The van der Waals surface area contributed by atoms with Gasteiger partial charge in [0, 0.05) is 11.1 Å². The Morgan fingerprint density at radius 2 is 2.10 bits per heavy atom. The van der Waals surface area contributed by atoms with Gasteiger partial charge < -0.3 is 10.4 Å². The van der Waals surface area contributed by atoms with Crippen molar-refractivity contribution in [3.8, 4) is 5.75 Å². The van der Waals surface area contributed by atoms with Gasteiger partial charge in [0.1, 0.15) is 17.3 Å². The molecule has 0 bridgehead atoms. The van der Waals surface area contributed by atoms with Gasteiger partial charge in [0.2, 0.25) is 5.96 Å². The van der Waals surface area contributed by atoms with Crippen molar-refractivity contribution < 1.29 is 9.50 Å². The zero-order valence-corrected chi connectivity index (χ0v) is 12.7. The third-order valence-electron chi connectivity index (χ3n) is 2.71. The number of hydrogen-bond donors (Lipinski definition) is 3. The van der Waals surface area contributed by atoms with E-state index in [0.717, 1.165) is 0 Å². The Labute approximate surface area is 134 Å². The van der Waals surface area contributed by atoms with Crippen molar-refractivity contribution in [1.29, 1.82) is 0 Å². The van der Waals surface area contributed by atoms with E-state index in [2.05, 4.69) is 15.0 Å². The van der Waals surface area contributed by atoms with E-state index in [0.29, 0.717) is 27.3 Å². The van der Waals surface area contributed by atoms with Gasteiger partial charge in [-0.3, -0.25) is 4.72 Å². The number of phenols is 1. The number of hydrogen-bond acceptors (Lipinski definition) is 5. The van der Waals surface area contributed by atoms with Gasteiger partial charge in [-0.05, 0) is 30.1 Å². The monoisotopic (exact) mass is 343 g/mol. The van der Waals surface area contributed by atoms with Gasteiger partial charge in [-0.15, -0.1) is 0 Å². The van der Waals surface area contributed by atoms with Crippen LogP contribution >= 0.6 is 35.1 Å². The standard InChI is InChI=1S/C13H8Cl2FN3OS/c14-6-4-9(20)12-10(5-6)21-19-13(18-12)17-8-3-1-2-7(16)11(8)15/h1-5,20H,(H2,17,18,19). The Balaban J connectivity index is 1.94. The molecule has 3 rings (SSSR count). The number of phenolic OH excluding ortho intramolecular Hbond substituents is 1. The molecule has 0 saturated carbocycles. The number of fused-ring (bicyclic) bond motifs is 1. The number of guanidine groups is 1. The van der Waals surface area contributed by atoms with Gasteiger partial charge in [-0.1, -0.05) is 29.3 Å². The second-order valence-electron chi connectivity index (χ2n) is 4.16. The topological polar surface area (TPSA) is 56.7 Å². The van der Waals surface area contributed by atoms with Crippen LogP contribution in [0.5, 0.6) is 5.75 Å². The molecule has 2 aromatic carbocycles. The quantitative estimate of drug-likeness (QED) is 0.665. The van der Waals surface area contributed by atoms with E-state index in [1.165, 1.54) is 30.1 Å². The highest BCUT2D eigenvalue weighted by atomic mass is 35.5. The first-order chi connectivity index (χ1) is 10.0. The predicted molar refractivity (Wildman–Crippen MR) is 84.2 cm³/mol. The number of rotatable bonds is 1. The molecule has 108 valence electrons. The molecule has 3 N–H and O–H groups in total. The number of nitrogens with one attached hydrogen (secondary N) is 2. The predicted octanol–water partition coefficient (Wildman–Crippen LogP) is 4.55. The van der Waals surface area contributed by atoms with Crippen molar-refractivity contribution in [3.05, 3.63) is 46.2 Å². The van der Waals surface area contributed by atoms with E-state index in [4.69, 9.17) is 23.2 Å². The fourth-order valence-electron chi connectivity index (χ4n) is 1.77. The van der Waals surface area contributed by atoms with Gasteiger partial charge in [0.05, 0.1) is 15.6 Å². The van der Waals surface area contributed by atoms with E-state index in [9.17, 15) is 9.50 Å². The smallest absolute Gasteiger partial charge is 0.211 e. The maximum Gasteiger partial charge on any atom is 0.211 e. The van der Waals surface area contributed by atoms with Gasteiger partial charge in [-0.2, -0.15) is 0 Å². The minimum absolute atomic E-state index is 0.0295. The zero-order valence-electron chi connectivity index (χ0n) is 10.3. The first-order valence-electron chi connectivity index (χ1n) is 5.79. The van der Waals surface area contributed by atoms with E-state index >= 15 is 0 Å². The van der Waals surface area contributed by atoms with Gasteiger partial charge in [-0.25, -0.2) is 9.38 Å². The molecule has 0 spiro atoms. The minimum Gasteiger partial charge on any atom is -0.506 e. The second kappa shape index (κ2) is 5.63.